The van der Waals surface area contributed by atoms with E-state index in [0.29, 0.717) is 24.7 Å². The summed E-state index contributed by atoms with van der Waals surface area (Å²) in [6.45, 7) is 7.67. The number of aryl methyl sites for hydroxylation is 1. The molecule has 1 aromatic heterocycles. The number of benzene rings is 1. The number of carbonyl (C=O) groups is 1. The molecule has 3 rings (SSSR count). The van der Waals surface area contributed by atoms with E-state index in [-0.39, 0.29) is 11.5 Å². The van der Waals surface area contributed by atoms with E-state index >= 15 is 0 Å². The molecule has 1 aromatic carbocycles. The molecule has 0 saturated carbocycles. The highest BCUT2D eigenvalue weighted by Gasteiger charge is 2.23. The van der Waals surface area contributed by atoms with Gasteiger partial charge < -0.3 is 14.4 Å². The zero-order valence-corrected chi connectivity index (χ0v) is 15.7. The molecule has 2 aromatic rings. The normalized spacial score (nSPS) is 14.0. The van der Waals surface area contributed by atoms with E-state index < -0.39 is 0 Å². The van der Waals surface area contributed by atoms with Crippen molar-refractivity contribution >= 4 is 11.6 Å². The molecule has 0 unspecified atom stereocenters. The minimum Gasteiger partial charge on any atom is -0.475 e. The largest absolute Gasteiger partial charge is 0.475 e. The van der Waals surface area contributed by atoms with Crippen molar-refractivity contribution in [3.8, 4) is 5.88 Å². The van der Waals surface area contributed by atoms with Crippen LogP contribution in [0.5, 0.6) is 5.88 Å². The molecule has 0 saturated heterocycles. The van der Waals surface area contributed by atoms with Crippen LogP contribution in [-0.2, 0) is 11.2 Å². The quantitative estimate of drug-likeness (QED) is 0.765. The third kappa shape index (κ3) is 4.61. The van der Waals surface area contributed by atoms with Crippen LogP contribution < -0.4 is 9.64 Å². The first kappa shape index (κ1) is 18.4. The van der Waals surface area contributed by atoms with Crippen LogP contribution in [0.2, 0.25) is 0 Å². The second-order valence-electron chi connectivity index (χ2n) is 7.38. The second kappa shape index (κ2) is 7.87. The Morgan fingerprint density at radius 2 is 1.96 bits per heavy atom. The summed E-state index contributed by atoms with van der Waals surface area (Å²) in [7, 11) is 0. The van der Waals surface area contributed by atoms with Crippen LogP contribution in [0.25, 0.3) is 0 Å². The van der Waals surface area contributed by atoms with Crippen molar-refractivity contribution in [2.75, 3.05) is 24.7 Å². The Kier molecular flexibility index (Phi) is 5.57. The van der Waals surface area contributed by atoms with Crippen LogP contribution in [0.15, 0.2) is 42.6 Å². The van der Waals surface area contributed by atoms with Gasteiger partial charge in [-0.15, -0.1) is 0 Å². The second-order valence-corrected chi connectivity index (χ2v) is 7.38. The predicted molar refractivity (Wildman–Crippen MR) is 102 cm³/mol. The zero-order valence-electron chi connectivity index (χ0n) is 15.7. The summed E-state index contributed by atoms with van der Waals surface area (Å²) >= 11 is 0. The SMILES string of the molecule is CC(C)(C)OCCOc1ccc(C(=O)N2CCCc3ccccc32)cn1. The maximum atomic E-state index is 12.9. The molecule has 0 N–H and O–H groups in total. The van der Waals surface area contributed by atoms with Crippen molar-refractivity contribution in [2.24, 2.45) is 0 Å². The Morgan fingerprint density at radius 3 is 2.69 bits per heavy atom. The van der Waals surface area contributed by atoms with Crippen LogP contribution in [0, 0.1) is 0 Å². The summed E-state index contributed by atoms with van der Waals surface area (Å²) in [5.74, 6) is 0.477. The Hall–Kier alpha value is -2.40. The highest BCUT2D eigenvalue weighted by atomic mass is 16.5. The molecule has 0 bridgehead atoms. The van der Waals surface area contributed by atoms with E-state index in [2.05, 4.69) is 11.1 Å². The van der Waals surface area contributed by atoms with Crippen LogP contribution in [-0.4, -0.2) is 36.3 Å². The lowest BCUT2D eigenvalue weighted by atomic mass is 10.0. The van der Waals surface area contributed by atoms with E-state index in [9.17, 15) is 4.79 Å². The molecule has 0 fully saturated rings. The van der Waals surface area contributed by atoms with Gasteiger partial charge in [-0.25, -0.2) is 4.98 Å². The van der Waals surface area contributed by atoms with E-state index in [1.165, 1.54) is 5.56 Å². The molecule has 1 aliphatic rings. The molecular formula is C21H26N2O3. The Balaban J connectivity index is 1.61. The van der Waals surface area contributed by atoms with Crippen LogP contribution in [0.3, 0.4) is 0 Å². The Bertz CT molecular complexity index is 751. The van der Waals surface area contributed by atoms with Gasteiger partial charge in [0.2, 0.25) is 5.88 Å². The van der Waals surface area contributed by atoms with Gasteiger partial charge in [0, 0.05) is 24.5 Å². The number of carbonyl (C=O) groups excluding carboxylic acids is 1. The molecule has 5 heteroatoms. The third-order valence-electron chi connectivity index (χ3n) is 4.21. The smallest absolute Gasteiger partial charge is 0.259 e. The number of hydrogen-bond acceptors (Lipinski definition) is 4. The van der Waals surface area contributed by atoms with Gasteiger partial charge in [0.1, 0.15) is 6.61 Å². The van der Waals surface area contributed by atoms with Gasteiger partial charge in [-0.2, -0.15) is 0 Å². The number of rotatable bonds is 5. The van der Waals surface area contributed by atoms with E-state index in [1.807, 2.05) is 43.9 Å². The molecule has 0 aliphatic carbocycles. The van der Waals surface area contributed by atoms with Gasteiger partial charge in [-0.1, -0.05) is 18.2 Å². The van der Waals surface area contributed by atoms with Crippen molar-refractivity contribution in [1.82, 2.24) is 4.98 Å². The van der Waals surface area contributed by atoms with Gasteiger partial charge in [0.15, 0.2) is 0 Å². The van der Waals surface area contributed by atoms with Crippen molar-refractivity contribution < 1.29 is 14.3 Å². The van der Waals surface area contributed by atoms with E-state index in [0.717, 1.165) is 25.1 Å². The highest BCUT2D eigenvalue weighted by molar-refractivity contribution is 6.06. The van der Waals surface area contributed by atoms with Gasteiger partial charge >= 0.3 is 0 Å². The number of hydrogen-bond donors (Lipinski definition) is 0. The number of amides is 1. The molecule has 0 radical (unpaired) electrons. The summed E-state index contributed by atoms with van der Waals surface area (Å²) in [4.78, 5) is 19.0. The minimum atomic E-state index is -0.183. The van der Waals surface area contributed by atoms with E-state index in [1.54, 1.807) is 18.3 Å². The molecule has 5 nitrogen and oxygen atoms in total. The van der Waals surface area contributed by atoms with E-state index in [4.69, 9.17) is 9.47 Å². The van der Waals surface area contributed by atoms with Crippen LogP contribution >= 0.6 is 0 Å². The lowest BCUT2D eigenvalue weighted by Gasteiger charge is -2.29. The molecule has 1 amide bonds. The Labute approximate surface area is 155 Å². The summed E-state index contributed by atoms with van der Waals surface area (Å²) in [5.41, 5.74) is 2.61. The van der Waals surface area contributed by atoms with Gasteiger partial charge in [-0.3, -0.25) is 4.79 Å². The first-order chi connectivity index (χ1) is 12.4. The molecule has 0 atom stereocenters. The number of nitrogens with zero attached hydrogens (tertiary/aromatic N) is 2. The van der Waals surface area contributed by atoms with Crippen molar-refractivity contribution in [3.05, 3.63) is 53.7 Å². The lowest BCUT2D eigenvalue weighted by molar-refractivity contribution is -0.0168. The number of ether oxygens (including phenoxy) is 2. The number of anilines is 1. The van der Waals surface area contributed by atoms with Gasteiger partial charge in [0.05, 0.1) is 17.8 Å². The highest BCUT2D eigenvalue weighted by Crippen LogP contribution is 2.28. The lowest BCUT2D eigenvalue weighted by Crippen LogP contribution is -2.35. The fourth-order valence-electron chi connectivity index (χ4n) is 2.99. The summed E-state index contributed by atoms with van der Waals surface area (Å²) in [6, 6.07) is 11.6. The number of para-hydroxylation sites is 1. The van der Waals surface area contributed by atoms with Crippen molar-refractivity contribution in [1.29, 1.82) is 0 Å². The fraction of sp³-hybridized carbons (Fsp3) is 0.429. The van der Waals surface area contributed by atoms with Crippen molar-refractivity contribution in [3.63, 3.8) is 0 Å². The first-order valence-electron chi connectivity index (χ1n) is 9.07. The van der Waals surface area contributed by atoms with Gasteiger partial charge in [-0.05, 0) is 51.3 Å². The number of fused-ring (bicyclic) bond motifs is 1. The van der Waals surface area contributed by atoms with Crippen LogP contribution in [0.1, 0.15) is 43.1 Å². The molecule has 26 heavy (non-hydrogen) atoms. The summed E-state index contributed by atoms with van der Waals surface area (Å²) < 4.78 is 11.2. The van der Waals surface area contributed by atoms with Crippen molar-refractivity contribution in [2.45, 2.75) is 39.2 Å². The molecule has 1 aliphatic heterocycles. The maximum Gasteiger partial charge on any atom is 0.259 e. The third-order valence-corrected chi connectivity index (χ3v) is 4.21. The summed E-state index contributed by atoms with van der Waals surface area (Å²) in [5, 5.41) is 0. The van der Waals surface area contributed by atoms with Gasteiger partial charge in [0.25, 0.3) is 5.91 Å². The predicted octanol–water partition coefficient (Wildman–Crippen LogP) is 3.87. The molecule has 2 heterocycles. The summed E-state index contributed by atoms with van der Waals surface area (Å²) in [6.07, 6.45) is 3.58. The average Bonchev–Trinajstić information content (AvgIpc) is 2.64. The average molecular weight is 354 g/mol. The molecule has 138 valence electrons. The fourth-order valence-corrected chi connectivity index (χ4v) is 2.99. The first-order valence-corrected chi connectivity index (χ1v) is 9.07. The molecular weight excluding hydrogens is 328 g/mol. The maximum absolute atomic E-state index is 12.9. The number of pyridine rings is 1. The zero-order chi connectivity index (χ0) is 18.6. The minimum absolute atomic E-state index is 0.0211. The molecule has 0 spiro atoms. The monoisotopic (exact) mass is 354 g/mol. The van der Waals surface area contributed by atoms with Crippen LogP contribution in [0.4, 0.5) is 5.69 Å². The number of aromatic nitrogens is 1. The topological polar surface area (TPSA) is 51.7 Å². The standard InChI is InChI=1S/C21H26N2O3/c1-21(2,3)26-14-13-25-19-11-10-17(15-22-19)20(24)23-12-6-8-16-7-4-5-9-18(16)23/h4-5,7,9-11,15H,6,8,12-14H2,1-3H3. The Morgan fingerprint density at radius 1 is 1.15 bits per heavy atom.